The second-order valence-corrected chi connectivity index (χ2v) is 6.20. The van der Waals surface area contributed by atoms with E-state index >= 15 is 0 Å². The molecule has 1 atom stereocenters. The first-order valence-electron chi connectivity index (χ1n) is 8.61. The number of carbonyl (C=O) groups is 2. The van der Waals surface area contributed by atoms with Crippen LogP contribution in [0, 0.1) is 5.82 Å². The predicted octanol–water partition coefficient (Wildman–Crippen LogP) is 4.76. The first-order valence-corrected chi connectivity index (χ1v) is 8.61. The molecule has 6 heteroatoms. The van der Waals surface area contributed by atoms with Crippen molar-refractivity contribution in [2.24, 2.45) is 0 Å². The summed E-state index contributed by atoms with van der Waals surface area (Å²) in [5, 5.41) is 0. The molecular formula is C22H15FO5. The first-order chi connectivity index (χ1) is 13.6. The van der Waals surface area contributed by atoms with Crippen LogP contribution in [-0.2, 0) is 0 Å². The number of ketones is 1. The van der Waals surface area contributed by atoms with Gasteiger partial charge < -0.3 is 14.2 Å². The third-order valence-corrected chi connectivity index (χ3v) is 4.36. The van der Waals surface area contributed by atoms with E-state index in [1.807, 2.05) is 0 Å². The van der Waals surface area contributed by atoms with Crippen molar-refractivity contribution < 1.29 is 28.2 Å². The second-order valence-electron chi connectivity index (χ2n) is 6.20. The maximum Gasteiger partial charge on any atom is 0.519 e. The molecule has 28 heavy (non-hydrogen) atoms. The van der Waals surface area contributed by atoms with Crippen LogP contribution in [-0.4, -0.2) is 18.5 Å². The smallest absolute Gasteiger partial charge is 0.492 e. The van der Waals surface area contributed by atoms with Gasteiger partial charge in [-0.15, -0.1) is 0 Å². The molecule has 3 aromatic carbocycles. The Morgan fingerprint density at radius 1 is 0.929 bits per heavy atom. The number of carbonyl (C=O) groups excluding carboxylic acids is 2. The van der Waals surface area contributed by atoms with Gasteiger partial charge in [0.2, 0.25) is 0 Å². The number of rotatable bonds is 3. The lowest BCUT2D eigenvalue weighted by Gasteiger charge is -2.24. The third kappa shape index (κ3) is 3.71. The molecule has 1 aliphatic heterocycles. The standard InChI is InChI=1S/C22H15FO5/c23-15-8-6-14(7-9-15)19-13-26-20-12-17(10-11-18(20)21(19)24)28-22(25)27-16-4-2-1-3-5-16/h1-12,19H,13H2. The SMILES string of the molecule is O=C(Oc1ccccc1)Oc1ccc2c(c1)OCC(c1ccc(F)cc1)C2=O. The van der Waals surface area contributed by atoms with Gasteiger partial charge in [-0.2, -0.15) is 0 Å². The summed E-state index contributed by atoms with van der Waals surface area (Å²) in [6, 6.07) is 18.8. The van der Waals surface area contributed by atoms with Gasteiger partial charge in [0.15, 0.2) is 5.78 Å². The second kappa shape index (κ2) is 7.52. The molecule has 0 bridgehead atoms. The Morgan fingerprint density at radius 3 is 2.39 bits per heavy atom. The van der Waals surface area contributed by atoms with Crippen LogP contribution >= 0.6 is 0 Å². The van der Waals surface area contributed by atoms with E-state index in [-0.39, 0.29) is 24.0 Å². The highest BCUT2D eigenvalue weighted by molar-refractivity contribution is 6.04. The topological polar surface area (TPSA) is 61.8 Å². The largest absolute Gasteiger partial charge is 0.519 e. The highest BCUT2D eigenvalue weighted by Gasteiger charge is 2.30. The van der Waals surface area contributed by atoms with E-state index in [2.05, 4.69) is 0 Å². The fraction of sp³-hybridized carbons (Fsp3) is 0.0909. The maximum absolute atomic E-state index is 13.1. The Kier molecular flexibility index (Phi) is 4.76. The molecule has 0 spiro atoms. The number of fused-ring (bicyclic) bond motifs is 1. The molecule has 0 aromatic heterocycles. The van der Waals surface area contributed by atoms with Gasteiger partial charge in [0.25, 0.3) is 0 Å². The van der Waals surface area contributed by atoms with Gasteiger partial charge in [-0.25, -0.2) is 9.18 Å². The van der Waals surface area contributed by atoms with Gasteiger partial charge in [-0.1, -0.05) is 30.3 Å². The van der Waals surface area contributed by atoms with Crippen LogP contribution in [0.25, 0.3) is 0 Å². The molecular weight excluding hydrogens is 363 g/mol. The molecule has 140 valence electrons. The molecule has 0 radical (unpaired) electrons. The van der Waals surface area contributed by atoms with E-state index in [0.29, 0.717) is 22.6 Å². The van der Waals surface area contributed by atoms with E-state index in [0.717, 1.165) is 0 Å². The molecule has 1 unspecified atom stereocenters. The van der Waals surface area contributed by atoms with Crippen LogP contribution in [0.1, 0.15) is 21.8 Å². The fourth-order valence-corrected chi connectivity index (χ4v) is 2.97. The Morgan fingerprint density at radius 2 is 1.64 bits per heavy atom. The van der Waals surface area contributed by atoms with Crippen molar-refractivity contribution in [3.63, 3.8) is 0 Å². The average Bonchev–Trinajstić information content (AvgIpc) is 2.70. The highest BCUT2D eigenvalue weighted by Crippen LogP contribution is 2.35. The van der Waals surface area contributed by atoms with Crippen LogP contribution < -0.4 is 14.2 Å². The Labute approximate surface area is 160 Å². The Balaban J connectivity index is 1.48. The van der Waals surface area contributed by atoms with Crippen molar-refractivity contribution in [1.82, 2.24) is 0 Å². The lowest BCUT2D eigenvalue weighted by atomic mass is 9.89. The molecule has 4 rings (SSSR count). The Hall–Kier alpha value is -3.67. The summed E-state index contributed by atoms with van der Waals surface area (Å²) >= 11 is 0. The van der Waals surface area contributed by atoms with E-state index in [4.69, 9.17) is 14.2 Å². The Bertz CT molecular complexity index is 1010. The number of halogens is 1. The molecule has 0 N–H and O–H groups in total. The van der Waals surface area contributed by atoms with Gasteiger partial charge in [-0.3, -0.25) is 4.79 Å². The van der Waals surface area contributed by atoms with Gasteiger partial charge >= 0.3 is 6.16 Å². The summed E-state index contributed by atoms with van der Waals surface area (Å²) in [6.07, 6.45) is -0.891. The van der Waals surface area contributed by atoms with Gasteiger partial charge in [0.1, 0.15) is 29.7 Å². The number of ether oxygens (including phenoxy) is 3. The zero-order valence-corrected chi connectivity index (χ0v) is 14.6. The van der Waals surface area contributed by atoms with Gasteiger partial charge in [0, 0.05) is 6.07 Å². The molecule has 5 nitrogen and oxygen atoms in total. The summed E-state index contributed by atoms with van der Waals surface area (Å²) in [5.41, 5.74) is 1.06. The minimum Gasteiger partial charge on any atom is -0.492 e. The molecule has 0 aliphatic carbocycles. The van der Waals surface area contributed by atoms with Crippen LogP contribution in [0.4, 0.5) is 9.18 Å². The minimum atomic E-state index is -0.891. The quantitative estimate of drug-likeness (QED) is 0.486. The van der Waals surface area contributed by atoms with Crippen molar-refractivity contribution in [3.8, 4) is 17.2 Å². The third-order valence-electron chi connectivity index (χ3n) is 4.36. The number of para-hydroxylation sites is 1. The minimum absolute atomic E-state index is 0.120. The molecule has 0 saturated carbocycles. The number of Topliss-reactive ketones (excluding diaryl/α,β-unsaturated/α-hetero) is 1. The predicted molar refractivity (Wildman–Crippen MR) is 98.5 cm³/mol. The fourth-order valence-electron chi connectivity index (χ4n) is 2.97. The lowest BCUT2D eigenvalue weighted by molar-refractivity contribution is 0.0896. The summed E-state index contributed by atoms with van der Waals surface area (Å²) in [6.45, 7) is 0.120. The molecule has 0 saturated heterocycles. The van der Waals surface area contributed by atoms with Crippen molar-refractivity contribution in [2.75, 3.05) is 6.61 Å². The first kappa shape index (κ1) is 17.7. The van der Waals surface area contributed by atoms with E-state index in [1.54, 1.807) is 48.5 Å². The zero-order valence-electron chi connectivity index (χ0n) is 14.6. The molecule has 0 amide bonds. The van der Waals surface area contributed by atoms with Gasteiger partial charge in [-0.05, 0) is 42.0 Å². The van der Waals surface area contributed by atoms with E-state index < -0.39 is 12.1 Å². The van der Waals surface area contributed by atoms with Crippen molar-refractivity contribution in [1.29, 1.82) is 0 Å². The summed E-state index contributed by atoms with van der Waals surface area (Å²) in [5.74, 6) is -0.119. The number of benzene rings is 3. The van der Waals surface area contributed by atoms with Crippen LogP contribution in [0.5, 0.6) is 17.2 Å². The monoisotopic (exact) mass is 378 g/mol. The summed E-state index contributed by atoms with van der Waals surface area (Å²) in [7, 11) is 0. The van der Waals surface area contributed by atoms with E-state index in [9.17, 15) is 14.0 Å². The molecule has 0 fully saturated rings. The lowest BCUT2D eigenvalue weighted by Crippen LogP contribution is -2.26. The number of hydrogen-bond acceptors (Lipinski definition) is 5. The maximum atomic E-state index is 13.1. The molecule has 3 aromatic rings. The van der Waals surface area contributed by atoms with Crippen LogP contribution in [0.15, 0.2) is 72.8 Å². The zero-order chi connectivity index (χ0) is 19.5. The van der Waals surface area contributed by atoms with Crippen molar-refractivity contribution in [2.45, 2.75) is 5.92 Å². The number of hydrogen-bond donors (Lipinski definition) is 0. The van der Waals surface area contributed by atoms with E-state index in [1.165, 1.54) is 24.3 Å². The van der Waals surface area contributed by atoms with Crippen LogP contribution in [0.2, 0.25) is 0 Å². The van der Waals surface area contributed by atoms with Crippen molar-refractivity contribution in [3.05, 3.63) is 89.7 Å². The summed E-state index contributed by atoms with van der Waals surface area (Å²) < 4.78 is 29.0. The molecule has 1 aliphatic rings. The highest BCUT2D eigenvalue weighted by atomic mass is 19.1. The van der Waals surface area contributed by atoms with Crippen LogP contribution in [0.3, 0.4) is 0 Å². The average molecular weight is 378 g/mol. The molecule has 1 heterocycles. The summed E-state index contributed by atoms with van der Waals surface area (Å²) in [4.78, 5) is 24.7. The normalized spacial score (nSPS) is 15.3. The van der Waals surface area contributed by atoms with Gasteiger partial charge in [0.05, 0.1) is 11.5 Å². The van der Waals surface area contributed by atoms with Crippen molar-refractivity contribution >= 4 is 11.9 Å².